The molecule has 3 atom stereocenters. The van der Waals surface area contributed by atoms with Crippen molar-refractivity contribution in [2.45, 2.75) is 50.7 Å². The van der Waals surface area contributed by atoms with Crippen molar-refractivity contribution in [3.63, 3.8) is 0 Å². The van der Waals surface area contributed by atoms with E-state index >= 15 is 0 Å². The maximum atomic E-state index is 14.3. The van der Waals surface area contributed by atoms with Gasteiger partial charge < -0.3 is 10.6 Å². The first-order valence-corrected chi connectivity index (χ1v) is 11.4. The van der Waals surface area contributed by atoms with Crippen molar-refractivity contribution in [2.24, 2.45) is 17.1 Å². The minimum atomic E-state index is -4.43. The number of likely N-dealkylation sites (N-methyl/N-ethyl adjacent to an activating group) is 1. The molecule has 1 amide bonds. The molecule has 2 unspecified atom stereocenters. The summed E-state index contributed by atoms with van der Waals surface area (Å²) in [5, 5.41) is 8.04. The number of nitrogens with two attached hydrogens (primary N) is 1. The van der Waals surface area contributed by atoms with Gasteiger partial charge in [-0.05, 0) is 75.5 Å². The lowest BCUT2D eigenvalue weighted by Crippen LogP contribution is -2.43. The molecule has 0 aliphatic heterocycles. The van der Waals surface area contributed by atoms with Crippen molar-refractivity contribution in [1.82, 2.24) is 20.1 Å². The summed E-state index contributed by atoms with van der Waals surface area (Å²) in [5.41, 5.74) is 7.33. The Bertz CT molecular complexity index is 1150. The molecule has 0 spiro atoms. The third-order valence-electron chi connectivity index (χ3n) is 7.48. The van der Waals surface area contributed by atoms with Crippen molar-refractivity contribution in [2.75, 3.05) is 14.1 Å². The number of fused-ring (bicyclic) bond motifs is 1. The van der Waals surface area contributed by atoms with Gasteiger partial charge in [0.15, 0.2) is 0 Å². The number of hydrogen-bond donors (Lipinski definition) is 2. The Balaban J connectivity index is 1.70. The van der Waals surface area contributed by atoms with Crippen LogP contribution in [0.1, 0.15) is 41.9 Å². The van der Waals surface area contributed by atoms with Gasteiger partial charge in [0.1, 0.15) is 0 Å². The fourth-order valence-corrected chi connectivity index (χ4v) is 5.27. The van der Waals surface area contributed by atoms with Crippen molar-refractivity contribution < 1.29 is 18.0 Å². The van der Waals surface area contributed by atoms with E-state index in [9.17, 15) is 18.0 Å². The van der Waals surface area contributed by atoms with Crippen LogP contribution in [0, 0.1) is 18.3 Å². The molecule has 3 N–H and O–H groups in total. The number of primary amides is 1. The Labute approximate surface area is 196 Å². The summed E-state index contributed by atoms with van der Waals surface area (Å²) in [7, 11) is 3.76. The Morgan fingerprint density at radius 3 is 2.53 bits per heavy atom. The molecule has 0 radical (unpaired) electrons. The molecule has 6 nitrogen and oxygen atoms in total. The number of aromatic nitrogens is 3. The molecular weight excluding hydrogens is 443 g/mol. The fourth-order valence-electron chi connectivity index (χ4n) is 5.27. The number of amides is 1. The number of nitrogens with one attached hydrogen (secondary N) is 1. The Morgan fingerprint density at radius 1 is 1.24 bits per heavy atom. The van der Waals surface area contributed by atoms with Crippen molar-refractivity contribution in [3.05, 3.63) is 59.5 Å². The highest BCUT2D eigenvalue weighted by Crippen LogP contribution is 2.67. The standard InChI is InChI=1S/C25H30F3N5O/c1-15-16(6-7-21-20(15)14-31-32-21)11-18(33(2)3)12-19(23(29)34)22(17-5-4-10-30-13-17)24(8-9-24)25(26,27)28/h4-7,10,13-14,18-19,22H,8-9,11-12H2,1-3H3,(H2,29,34)(H,31,32)/t18-,19?,22?/m1/s1. The molecule has 1 saturated carbocycles. The molecule has 1 aliphatic carbocycles. The van der Waals surface area contributed by atoms with E-state index in [-0.39, 0.29) is 25.3 Å². The number of hydrogen-bond acceptors (Lipinski definition) is 4. The molecule has 1 fully saturated rings. The van der Waals surface area contributed by atoms with E-state index in [1.165, 1.54) is 12.4 Å². The third kappa shape index (κ3) is 4.41. The van der Waals surface area contributed by atoms with Gasteiger partial charge in [-0.15, -0.1) is 0 Å². The van der Waals surface area contributed by atoms with Crippen LogP contribution in [0.5, 0.6) is 0 Å². The van der Waals surface area contributed by atoms with Crippen LogP contribution in [0.3, 0.4) is 0 Å². The molecule has 1 aromatic carbocycles. The fraction of sp³-hybridized carbons (Fsp3) is 0.480. The first kappa shape index (κ1) is 24.2. The zero-order chi connectivity index (χ0) is 24.7. The lowest BCUT2D eigenvalue weighted by molar-refractivity contribution is -0.198. The number of aryl methyl sites for hydroxylation is 1. The SMILES string of the molecule is Cc1c(C[C@H](CC(C(N)=O)C(c2cccnc2)C2(C(F)(F)F)CC2)N(C)C)ccc2[nH]ncc12. The Hall–Kier alpha value is -2.94. The number of nitrogens with zero attached hydrogens (tertiary/aromatic N) is 3. The second kappa shape index (κ2) is 9.02. The highest BCUT2D eigenvalue weighted by molar-refractivity contribution is 5.82. The summed E-state index contributed by atoms with van der Waals surface area (Å²) < 4.78 is 42.8. The van der Waals surface area contributed by atoms with E-state index in [0.29, 0.717) is 12.0 Å². The summed E-state index contributed by atoms with van der Waals surface area (Å²) in [6.07, 6.45) is 1.05. The number of halogens is 3. The molecule has 0 bridgehead atoms. The van der Waals surface area contributed by atoms with Gasteiger partial charge in [-0.3, -0.25) is 14.9 Å². The molecule has 182 valence electrons. The summed E-state index contributed by atoms with van der Waals surface area (Å²) in [5.74, 6) is -2.77. The van der Waals surface area contributed by atoms with Crippen molar-refractivity contribution in [1.29, 1.82) is 0 Å². The third-order valence-corrected chi connectivity index (χ3v) is 7.48. The largest absolute Gasteiger partial charge is 0.395 e. The molecule has 4 rings (SSSR count). The van der Waals surface area contributed by atoms with Crippen LogP contribution in [0.25, 0.3) is 10.9 Å². The summed E-state index contributed by atoms with van der Waals surface area (Å²) in [6.45, 7) is 2.01. The number of aromatic amines is 1. The highest BCUT2D eigenvalue weighted by atomic mass is 19.4. The van der Waals surface area contributed by atoms with Gasteiger partial charge in [0.25, 0.3) is 0 Å². The van der Waals surface area contributed by atoms with E-state index < -0.39 is 29.3 Å². The monoisotopic (exact) mass is 473 g/mol. The molecular formula is C25H30F3N5O. The maximum absolute atomic E-state index is 14.3. The summed E-state index contributed by atoms with van der Waals surface area (Å²) in [4.78, 5) is 18.7. The predicted octanol–water partition coefficient (Wildman–Crippen LogP) is 4.36. The summed E-state index contributed by atoms with van der Waals surface area (Å²) >= 11 is 0. The van der Waals surface area contributed by atoms with Crippen LogP contribution in [0.15, 0.2) is 42.9 Å². The number of benzene rings is 1. The van der Waals surface area contributed by atoms with Crippen LogP contribution in [-0.2, 0) is 11.2 Å². The highest BCUT2D eigenvalue weighted by Gasteiger charge is 2.69. The zero-order valence-electron chi connectivity index (χ0n) is 19.6. The smallest absolute Gasteiger partial charge is 0.369 e. The Kier molecular flexibility index (Phi) is 6.42. The lowest BCUT2D eigenvalue weighted by atomic mass is 9.71. The van der Waals surface area contributed by atoms with Crippen molar-refractivity contribution in [3.8, 4) is 0 Å². The average molecular weight is 474 g/mol. The number of alkyl halides is 3. The second-order valence-electron chi connectivity index (χ2n) is 9.66. The predicted molar refractivity (Wildman–Crippen MR) is 124 cm³/mol. The first-order chi connectivity index (χ1) is 16.0. The number of pyridine rings is 1. The van der Waals surface area contributed by atoms with Gasteiger partial charge in [0, 0.05) is 35.7 Å². The average Bonchev–Trinajstić information content (AvgIpc) is 3.44. The maximum Gasteiger partial charge on any atom is 0.395 e. The summed E-state index contributed by atoms with van der Waals surface area (Å²) in [6, 6.07) is 7.00. The number of carbonyl (C=O) groups excluding carboxylic acids is 1. The molecule has 0 saturated heterocycles. The first-order valence-electron chi connectivity index (χ1n) is 11.4. The zero-order valence-corrected chi connectivity index (χ0v) is 19.6. The van der Waals surface area contributed by atoms with Crippen LogP contribution in [-0.4, -0.2) is 52.3 Å². The minimum absolute atomic E-state index is 0.0112. The van der Waals surface area contributed by atoms with Gasteiger partial charge in [-0.1, -0.05) is 12.1 Å². The van der Waals surface area contributed by atoms with Gasteiger partial charge >= 0.3 is 6.18 Å². The Morgan fingerprint density at radius 2 is 1.97 bits per heavy atom. The van der Waals surface area contributed by atoms with E-state index in [4.69, 9.17) is 5.73 Å². The van der Waals surface area contributed by atoms with E-state index in [1.54, 1.807) is 18.3 Å². The molecule has 2 aromatic heterocycles. The van der Waals surface area contributed by atoms with Crippen LogP contribution < -0.4 is 5.73 Å². The van der Waals surface area contributed by atoms with Crippen LogP contribution in [0.2, 0.25) is 0 Å². The molecule has 2 heterocycles. The lowest BCUT2D eigenvalue weighted by Gasteiger charge is -2.37. The van der Waals surface area contributed by atoms with Crippen LogP contribution >= 0.6 is 0 Å². The second-order valence-corrected chi connectivity index (χ2v) is 9.66. The van der Waals surface area contributed by atoms with Crippen LogP contribution in [0.4, 0.5) is 13.2 Å². The quantitative estimate of drug-likeness (QED) is 0.484. The minimum Gasteiger partial charge on any atom is -0.369 e. The van der Waals surface area contributed by atoms with Crippen molar-refractivity contribution >= 4 is 16.8 Å². The molecule has 9 heteroatoms. The van der Waals surface area contributed by atoms with E-state index in [2.05, 4.69) is 15.2 Å². The van der Waals surface area contributed by atoms with Gasteiger partial charge in [0.2, 0.25) is 5.91 Å². The normalized spacial score (nSPS) is 18.1. The number of carbonyl (C=O) groups is 1. The van der Waals surface area contributed by atoms with Gasteiger partial charge in [-0.2, -0.15) is 18.3 Å². The molecule has 3 aromatic rings. The molecule has 34 heavy (non-hydrogen) atoms. The molecule has 1 aliphatic rings. The number of rotatable bonds is 9. The topological polar surface area (TPSA) is 87.9 Å². The van der Waals surface area contributed by atoms with E-state index in [0.717, 1.165) is 22.0 Å². The van der Waals surface area contributed by atoms with E-state index in [1.807, 2.05) is 38.1 Å². The van der Waals surface area contributed by atoms with Gasteiger partial charge in [0.05, 0.1) is 17.1 Å². The number of H-pyrrole nitrogens is 1. The van der Waals surface area contributed by atoms with Gasteiger partial charge in [-0.25, -0.2) is 0 Å².